The highest BCUT2D eigenvalue weighted by atomic mass is 16.2. The maximum absolute atomic E-state index is 12.1. The Labute approximate surface area is 131 Å². The van der Waals surface area contributed by atoms with E-state index in [-0.39, 0.29) is 18.4 Å². The fraction of sp³-hybridized carbons (Fsp3) is 0.294. The lowest BCUT2D eigenvalue weighted by Gasteiger charge is -2.20. The van der Waals surface area contributed by atoms with Crippen LogP contribution in [0.4, 0.5) is 11.4 Å². The van der Waals surface area contributed by atoms with Gasteiger partial charge in [-0.2, -0.15) is 0 Å². The number of hydrogen-bond acceptors (Lipinski definition) is 3. The lowest BCUT2D eigenvalue weighted by molar-refractivity contribution is -0.128. The predicted octanol–water partition coefficient (Wildman–Crippen LogP) is 2.65. The third-order valence-electron chi connectivity index (χ3n) is 2.96. The first-order chi connectivity index (χ1) is 10.6. The molecule has 2 amide bonds. The van der Waals surface area contributed by atoms with Crippen molar-refractivity contribution in [3.63, 3.8) is 0 Å². The van der Waals surface area contributed by atoms with E-state index < -0.39 is 0 Å². The van der Waals surface area contributed by atoms with E-state index in [1.165, 1.54) is 0 Å². The summed E-state index contributed by atoms with van der Waals surface area (Å²) in [6, 6.07) is 7.28. The number of rotatable bonds is 9. The summed E-state index contributed by atoms with van der Waals surface area (Å²) in [4.78, 5) is 25.1. The highest BCUT2D eigenvalue weighted by molar-refractivity contribution is 5.91. The van der Waals surface area contributed by atoms with E-state index >= 15 is 0 Å². The number of amides is 2. The van der Waals surface area contributed by atoms with Gasteiger partial charge < -0.3 is 15.5 Å². The Morgan fingerprint density at radius 1 is 1.18 bits per heavy atom. The Kier molecular flexibility index (Phi) is 7.47. The summed E-state index contributed by atoms with van der Waals surface area (Å²) in [6.07, 6.45) is 3.79. The Morgan fingerprint density at radius 3 is 2.41 bits per heavy atom. The Bertz CT molecular complexity index is 530. The molecule has 0 heterocycles. The lowest BCUT2D eigenvalue weighted by Crippen LogP contribution is -2.35. The van der Waals surface area contributed by atoms with E-state index in [0.717, 1.165) is 5.69 Å². The van der Waals surface area contributed by atoms with Crippen molar-refractivity contribution >= 4 is 23.2 Å². The van der Waals surface area contributed by atoms with Crippen LogP contribution in [-0.2, 0) is 9.59 Å². The molecule has 2 N–H and O–H groups in total. The molecule has 5 nitrogen and oxygen atoms in total. The number of carbonyl (C=O) groups excluding carboxylic acids is 2. The molecule has 22 heavy (non-hydrogen) atoms. The van der Waals surface area contributed by atoms with Crippen LogP contribution in [0.25, 0.3) is 0 Å². The van der Waals surface area contributed by atoms with Crippen molar-refractivity contribution in [2.75, 3.05) is 30.3 Å². The second kappa shape index (κ2) is 9.39. The molecule has 0 aliphatic heterocycles. The van der Waals surface area contributed by atoms with Crippen LogP contribution in [0.2, 0.25) is 0 Å². The summed E-state index contributed by atoms with van der Waals surface area (Å²) in [6.45, 7) is 10.2. The summed E-state index contributed by atoms with van der Waals surface area (Å²) in [5, 5.41) is 5.84. The second-order valence-electron chi connectivity index (χ2n) is 4.71. The standard InChI is InChI=1S/C17H23N3O2/c1-4-10-20(11-5-2)17(22)13-18-14-8-7-9-15(12-14)19-16(21)6-3/h4-5,7-9,12,18H,1-2,6,10-11,13H2,3H3,(H,19,21). The fourth-order valence-electron chi connectivity index (χ4n) is 1.84. The minimum atomic E-state index is -0.0450. The van der Waals surface area contributed by atoms with Crippen molar-refractivity contribution in [2.45, 2.75) is 13.3 Å². The average Bonchev–Trinajstić information content (AvgIpc) is 2.52. The highest BCUT2D eigenvalue weighted by Crippen LogP contribution is 2.15. The molecule has 0 unspecified atom stereocenters. The van der Waals surface area contributed by atoms with E-state index in [9.17, 15) is 9.59 Å². The third kappa shape index (κ3) is 5.83. The first-order valence-corrected chi connectivity index (χ1v) is 7.24. The number of nitrogens with zero attached hydrogens (tertiary/aromatic N) is 1. The quantitative estimate of drug-likeness (QED) is 0.689. The van der Waals surface area contributed by atoms with Gasteiger partial charge in [0, 0.05) is 30.9 Å². The van der Waals surface area contributed by atoms with Gasteiger partial charge in [-0.25, -0.2) is 0 Å². The molecule has 0 saturated carbocycles. The molecule has 1 aromatic rings. The lowest BCUT2D eigenvalue weighted by atomic mass is 10.2. The van der Waals surface area contributed by atoms with Crippen molar-refractivity contribution in [3.8, 4) is 0 Å². The summed E-state index contributed by atoms with van der Waals surface area (Å²) >= 11 is 0. The molecule has 0 radical (unpaired) electrons. The molecule has 0 spiro atoms. The zero-order valence-electron chi connectivity index (χ0n) is 13.0. The van der Waals surface area contributed by atoms with Gasteiger partial charge in [-0.3, -0.25) is 9.59 Å². The van der Waals surface area contributed by atoms with Gasteiger partial charge in [-0.05, 0) is 18.2 Å². The molecule has 5 heteroatoms. The first-order valence-electron chi connectivity index (χ1n) is 7.24. The van der Waals surface area contributed by atoms with Gasteiger partial charge in [0.2, 0.25) is 11.8 Å². The van der Waals surface area contributed by atoms with Gasteiger partial charge in [0.15, 0.2) is 0 Å². The topological polar surface area (TPSA) is 61.4 Å². The molecule has 1 aromatic carbocycles. The van der Waals surface area contributed by atoms with Crippen molar-refractivity contribution in [3.05, 3.63) is 49.6 Å². The Morgan fingerprint density at radius 2 is 1.82 bits per heavy atom. The molecular formula is C17H23N3O2. The van der Waals surface area contributed by atoms with E-state index in [1.807, 2.05) is 18.2 Å². The summed E-state index contributed by atoms with van der Waals surface area (Å²) in [5.74, 6) is -0.0841. The van der Waals surface area contributed by atoms with E-state index in [1.54, 1.807) is 30.0 Å². The molecule has 0 aliphatic rings. The molecule has 1 rings (SSSR count). The summed E-state index contributed by atoms with van der Waals surface area (Å²) in [7, 11) is 0. The molecule has 0 fully saturated rings. The van der Waals surface area contributed by atoms with Gasteiger partial charge in [0.25, 0.3) is 0 Å². The highest BCUT2D eigenvalue weighted by Gasteiger charge is 2.10. The number of benzene rings is 1. The van der Waals surface area contributed by atoms with Crippen molar-refractivity contribution in [1.82, 2.24) is 4.90 Å². The van der Waals surface area contributed by atoms with E-state index in [4.69, 9.17) is 0 Å². The Hall–Kier alpha value is -2.56. The number of anilines is 2. The van der Waals surface area contributed by atoms with Gasteiger partial charge >= 0.3 is 0 Å². The van der Waals surface area contributed by atoms with Crippen molar-refractivity contribution in [1.29, 1.82) is 0 Å². The molecule has 0 saturated heterocycles. The number of hydrogen-bond donors (Lipinski definition) is 2. The SMILES string of the molecule is C=CCN(CC=C)C(=O)CNc1cccc(NC(=O)CC)c1. The summed E-state index contributed by atoms with van der Waals surface area (Å²) in [5.41, 5.74) is 1.48. The van der Waals surface area contributed by atoms with Crippen LogP contribution in [0, 0.1) is 0 Å². The zero-order valence-corrected chi connectivity index (χ0v) is 13.0. The van der Waals surface area contributed by atoms with Gasteiger partial charge in [0.1, 0.15) is 0 Å². The molecule has 0 aromatic heterocycles. The molecule has 0 bridgehead atoms. The molecule has 118 valence electrons. The van der Waals surface area contributed by atoms with Crippen LogP contribution in [-0.4, -0.2) is 36.3 Å². The van der Waals surface area contributed by atoms with E-state index in [2.05, 4.69) is 23.8 Å². The second-order valence-corrected chi connectivity index (χ2v) is 4.71. The fourth-order valence-corrected chi connectivity index (χ4v) is 1.84. The van der Waals surface area contributed by atoms with Gasteiger partial charge in [-0.15, -0.1) is 13.2 Å². The average molecular weight is 301 g/mol. The van der Waals surface area contributed by atoms with Crippen LogP contribution in [0.5, 0.6) is 0 Å². The smallest absolute Gasteiger partial charge is 0.242 e. The molecule has 0 aliphatic carbocycles. The summed E-state index contributed by atoms with van der Waals surface area (Å²) < 4.78 is 0. The minimum Gasteiger partial charge on any atom is -0.376 e. The Balaban J connectivity index is 2.61. The van der Waals surface area contributed by atoms with Crippen LogP contribution >= 0.6 is 0 Å². The minimum absolute atomic E-state index is 0.0391. The van der Waals surface area contributed by atoms with Gasteiger partial charge in [-0.1, -0.05) is 25.1 Å². The number of nitrogens with one attached hydrogen (secondary N) is 2. The third-order valence-corrected chi connectivity index (χ3v) is 2.96. The first kappa shape index (κ1) is 17.5. The number of carbonyl (C=O) groups is 2. The van der Waals surface area contributed by atoms with Crippen molar-refractivity contribution in [2.24, 2.45) is 0 Å². The largest absolute Gasteiger partial charge is 0.376 e. The van der Waals surface area contributed by atoms with Crippen LogP contribution < -0.4 is 10.6 Å². The zero-order chi connectivity index (χ0) is 16.4. The molecule has 0 atom stereocenters. The van der Waals surface area contributed by atoms with Gasteiger partial charge in [0.05, 0.1) is 6.54 Å². The van der Waals surface area contributed by atoms with Crippen LogP contribution in [0.1, 0.15) is 13.3 Å². The molecular weight excluding hydrogens is 278 g/mol. The maximum Gasteiger partial charge on any atom is 0.242 e. The predicted molar refractivity (Wildman–Crippen MR) is 90.8 cm³/mol. The maximum atomic E-state index is 12.1. The normalized spacial score (nSPS) is 9.68. The van der Waals surface area contributed by atoms with Crippen LogP contribution in [0.15, 0.2) is 49.6 Å². The monoisotopic (exact) mass is 301 g/mol. The van der Waals surface area contributed by atoms with Crippen molar-refractivity contribution < 1.29 is 9.59 Å². The van der Waals surface area contributed by atoms with Crippen LogP contribution in [0.3, 0.4) is 0 Å². The van der Waals surface area contributed by atoms with E-state index in [0.29, 0.717) is 25.2 Å².